The predicted molar refractivity (Wildman–Crippen MR) is 132 cm³/mol. The van der Waals surface area contributed by atoms with E-state index in [4.69, 9.17) is 0 Å². The SMILES string of the molecule is CCCNC(=O)[C@@H](CC)N(Cc1cccc(C)c1)C(=O)CN(c1cccc(C)c1)S(C)(=O)=O. The molecule has 0 saturated heterocycles. The first kappa shape index (κ1) is 26.4. The maximum absolute atomic E-state index is 13.6. The molecule has 2 amide bonds. The fourth-order valence-electron chi connectivity index (χ4n) is 3.69. The van der Waals surface area contributed by atoms with Crippen LogP contribution >= 0.6 is 0 Å². The van der Waals surface area contributed by atoms with E-state index in [1.165, 1.54) is 4.90 Å². The van der Waals surface area contributed by atoms with Crippen LogP contribution in [0.4, 0.5) is 5.69 Å². The minimum absolute atomic E-state index is 0.212. The van der Waals surface area contributed by atoms with Crippen molar-refractivity contribution in [3.05, 3.63) is 65.2 Å². The van der Waals surface area contributed by atoms with Crippen molar-refractivity contribution >= 4 is 27.5 Å². The highest BCUT2D eigenvalue weighted by atomic mass is 32.2. The molecule has 2 aromatic rings. The summed E-state index contributed by atoms with van der Waals surface area (Å²) in [7, 11) is -3.72. The van der Waals surface area contributed by atoms with Gasteiger partial charge in [0.25, 0.3) is 0 Å². The van der Waals surface area contributed by atoms with E-state index >= 15 is 0 Å². The number of nitrogens with one attached hydrogen (secondary N) is 1. The van der Waals surface area contributed by atoms with Crippen molar-refractivity contribution in [1.82, 2.24) is 10.2 Å². The van der Waals surface area contributed by atoms with Gasteiger partial charge in [-0.2, -0.15) is 0 Å². The van der Waals surface area contributed by atoms with E-state index in [2.05, 4.69) is 5.32 Å². The van der Waals surface area contributed by atoms with Gasteiger partial charge in [0.1, 0.15) is 12.6 Å². The van der Waals surface area contributed by atoms with E-state index in [-0.39, 0.29) is 19.0 Å². The molecule has 0 fully saturated rings. The summed E-state index contributed by atoms with van der Waals surface area (Å²) in [5.41, 5.74) is 3.23. The quantitative estimate of drug-likeness (QED) is 0.542. The van der Waals surface area contributed by atoms with Crippen LogP contribution in [0, 0.1) is 13.8 Å². The molecule has 0 unspecified atom stereocenters. The second-order valence-electron chi connectivity index (χ2n) is 8.33. The average molecular weight is 474 g/mol. The summed E-state index contributed by atoms with van der Waals surface area (Å²) in [6.45, 7) is 7.98. The van der Waals surface area contributed by atoms with Crippen LogP contribution in [0.5, 0.6) is 0 Å². The topological polar surface area (TPSA) is 86.8 Å². The molecule has 0 bridgehead atoms. The number of nitrogens with zero attached hydrogens (tertiary/aromatic N) is 2. The highest BCUT2D eigenvalue weighted by molar-refractivity contribution is 7.92. The van der Waals surface area contributed by atoms with Crippen LogP contribution in [0.2, 0.25) is 0 Å². The Morgan fingerprint density at radius 3 is 2.18 bits per heavy atom. The van der Waals surface area contributed by atoms with Gasteiger partial charge in [-0.3, -0.25) is 13.9 Å². The van der Waals surface area contributed by atoms with Gasteiger partial charge in [0.05, 0.1) is 11.9 Å². The van der Waals surface area contributed by atoms with Crippen molar-refractivity contribution in [3.8, 4) is 0 Å². The maximum Gasteiger partial charge on any atom is 0.244 e. The zero-order chi connectivity index (χ0) is 24.6. The van der Waals surface area contributed by atoms with Crippen molar-refractivity contribution in [3.63, 3.8) is 0 Å². The molecule has 180 valence electrons. The predicted octanol–water partition coefficient (Wildman–Crippen LogP) is 3.40. The molecule has 0 spiro atoms. The second kappa shape index (κ2) is 11.8. The highest BCUT2D eigenvalue weighted by Gasteiger charge is 2.31. The van der Waals surface area contributed by atoms with Crippen LogP contribution < -0.4 is 9.62 Å². The first-order valence-corrected chi connectivity index (χ1v) is 13.1. The zero-order valence-electron chi connectivity index (χ0n) is 20.2. The lowest BCUT2D eigenvalue weighted by Gasteiger charge is -2.33. The molecule has 0 aliphatic carbocycles. The van der Waals surface area contributed by atoms with Crippen LogP contribution in [0.3, 0.4) is 0 Å². The number of carbonyl (C=O) groups is 2. The maximum atomic E-state index is 13.6. The number of benzene rings is 2. The number of amides is 2. The Balaban J connectivity index is 2.42. The second-order valence-corrected chi connectivity index (χ2v) is 10.2. The summed E-state index contributed by atoms with van der Waals surface area (Å²) in [6, 6.07) is 14.0. The third-order valence-electron chi connectivity index (χ3n) is 5.34. The fourth-order valence-corrected chi connectivity index (χ4v) is 4.53. The Bertz CT molecular complexity index is 1070. The van der Waals surface area contributed by atoms with E-state index in [0.29, 0.717) is 18.7 Å². The zero-order valence-corrected chi connectivity index (χ0v) is 21.0. The first-order valence-electron chi connectivity index (χ1n) is 11.2. The van der Waals surface area contributed by atoms with Gasteiger partial charge in [0.15, 0.2) is 0 Å². The van der Waals surface area contributed by atoms with E-state index in [1.54, 1.807) is 18.2 Å². The summed E-state index contributed by atoms with van der Waals surface area (Å²) in [6.07, 6.45) is 2.28. The molecule has 33 heavy (non-hydrogen) atoms. The number of rotatable bonds is 11. The molecule has 0 radical (unpaired) electrons. The molecule has 0 heterocycles. The highest BCUT2D eigenvalue weighted by Crippen LogP contribution is 2.21. The molecular weight excluding hydrogens is 438 g/mol. The summed E-state index contributed by atoms with van der Waals surface area (Å²) in [5, 5.41) is 2.87. The van der Waals surface area contributed by atoms with E-state index in [1.807, 2.05) is 58.0 Å². The van der Waals surface area contributed by atoms with Crippen molar-refractivity contribution in [2.75, 3.05) is 23.7 Å². The van der Waals surface area contributed by atoms with Gasteiger partial charge in [0, 0.05) is 13.1 Å². The van der Waals surface area contributed by atoms with Gasteiger partial charge >= 0.3 is 0 Å². The van der Waals surface area contributed by atoms with Crippen molar-refractivity contribution in [2.45, 2.75) is 53.1 Å². The lowest BCUT2D eigenvalue weighted by Crippen LogP contribution is -2.52. The lowest BCUT2D eigenvalue weighted by molar-refractivity contribution is -0.140. The van der Waals surface area contributed by atoms with E-state index in [0.717, 1.165) is 33.7 Å². The molecular formula is C25H35N3O4S. The Morgan fingerprint density at radius 1 is 1.00 bits per heavy atom. The normalized spacial score (nSPS) is 12.2. The number of hydrogen-bond acceptors (Lipinski definition) is 4. The van der Waals surface area contributed by atoms with Crippen molar-refractivity contribution in [1.29, 1.82) is 0 Å². The molecule has 0 aromatic heterocycles. The average Bonchev–Trinajstić information content (AvgIpc) is 2.74. The van der Waals surface area contributed by atoms with E-state index < -0.39 is 22.0 Å². The third-order valence-corrected chi connectivity index (χ3v) is 6.48. The Labute approximate surface area is 197 Å². The molecule has 0 aliphatic heterocycles. The minimum atomic E-state index is -3.72. The number of carbonyl (C=O) groups excluding carboxylic acids is 2. The number of hydrogen-bond donors (Lipinski definition) is 1. The summed E-state index contributed by atoms with van der Waals surface area (Å²) in [4.78, 5) is 28.0. The Hall–Kier alpha value is -2.87. The molecule has 7 nitrogen and oxygen atoms in total. The third kappa shape index (κ3) is 7.60. The first-order chi connectivity index (χ1) is 15.6. The van der Waals surface area contributed by atoms with Crippen LogP contribution in [-0.2, 0) is 26.2 Å². The smallest absolute Gasteiger partial charge is 0.244 e. The van der Waals surface area contributed by atoms with Crippen LogP contribution in [0.15, 0.2) is 48.5 Å². The van der Waals surface area contributed by atoms with E-state index in [9.17, 15) is 18.0 Å². The van der Waals surface area contributed by atoms with Gasteiger partial charge in [-0.25, -0.2) is 8.42 Å². The van der Waals surface area contributed by atoms with Gasteiger partial charge in [-0.1, -0.05) is 55.8 Å². The number of aryl methyl sites for hydroxylation is 2. The van der Waals surface area contributed by atoms with Crippen LogP contribution in [0.1, 0.15) is 43.4 Å². The van der Waals surface area contributed by atoms with Crippen molar-refractivity contribution < 1.29 is 18.0 Å². The monoisotopic (exact) mass is 473 g/mol. The largest absolute Gasteiger partial charge is 0.354 e. The lowest BCUT2D eigenvalue weighted by atomic mass is 10.1. The van der Waals surface area contributed by atoms with Crippen LogP contribution in [0.25, 0.3) is 0 Å². The van der Waals surface area contributed by atoms with Crippen molar-refractivity contribution in [2.24, 2.45) is 0 Å². The molecule has 8 heteroatoms. The molecule has 2 rings (SSSR count). The Morgan fingerprint density at radius 2 is 1.64 bits per heavy atom. The summed E-state index contributed by atoms with van der Waals surface area (Å²) < 4.78 is 26.3. The standard InChI is InChI=1S/C25H35N3O4S/c1-6-14-26-25(30)23(7-2)27(17-21-12-8-10-19(3)15-21)24(29)18-28(33(5,31)32)22-13-9-11-20(4)16-22/h8-13,15-16,23H,6-7,14,17-18H2,1-5H3,(H,26,30)/t23-/m1/s1. The number of sulfonamides is 1. The molecule has 2 aromatic carbocycles. The molecule has 0 aliphatic rings. The molecule has 0 saturated carbocycles. The van der Waals surface area contributed by atoms with Gasteiger partial charge in [-0.15, -0.1) is 0 Å². The number of anilines is 1. The Kier molecular flexibility index (Phi) is 9.46. The fraction of sp³-hybridized carbons (Fsp3) is 0.440. The molecule has 1 atom stereocenters. The van der Waals surface area contributed by atoms with Gasteiger partial charge < -0.3 is 10.2 Å². The van der Waals surface area contributed by atoms with Crippen LogP contribution in [-0.4, -0.2) is 50.5 Å². The van der Waals surface area contributed by atoms with Gasteiger partial charge in [0.2, 0.25) is 21.8 Å². The van der Waals surface area contributed by atoms with Gasteiger partial charge in [-0.05, 0) is 49.9 Å². The minimum Gasteiger partial charge on any atom is -0.354 e. The summed E-state index contributed by atoms with van der Waals surface area (Å²) in [5.74, 6) is -0.663. The molecule has 1 N–H and O–H groups in total. The summed E-state index contributed by atoms with van der Waals surface area (Å²) >= 11 is 0.